The van der Waals surface area contributed by atoms with Crippen molar-refractivity contribution in [3.05, 3.63) is 29.8 Å². The van der Waals surface area contributed by atoms with Gasteiger partial charge in [0.25, 0.3) is 5.91 Å². The highest BCUT2D eigenvalue weighted by Gasteiger charge is 2.31. The van der Waals surface area contributed by atoms with Crippen LogP contribution in [0.2, 0.25) is 0 Å². The predicted molar refractivity (Wildman–Crippen MR) is 76.3 cm³/mol. The highest BCUT2D eigenvalue weighted by molar-refractivity contribution is 8.00. The van der Waals surface area contributed by atoms with E-state index >= 15 is 0 Å². The minimum atomic E-state index is -4.42. The van der Waals surface area contributed by atoms with E-state index in [1.54, 1.807) is 13.1 Å². The summed E-state index contributed by atoms with van der Waals surface area (Å²) >= 11 is -0.275. The molecule has 21 heavy (non-hydrogen) atoms. The Morgan fingerprint density at radius 3 is 2.52 bits per heavy atom. The number of amides is 1. The van der Waals surface area contributed by atoms with Gasteiger partial charge in [-0.3, -0.25) is 4.79 Å². The van der Waals surface area contributed by atoms with E-state index in [4.69, 9.17) is 5.11 Å². The van der Waals surface area contributed by atoms with Crippen molar-refractivity contribution < 1.29 is 23.1 Å². The summed E-state index contributed by atoms with van der Waals surface area (Å²) in [6.45, 7) is 0.548. The lowest BCUT2D eigenvalue weighted by molar-refractivity contribution is -0.0328. The van der Waals surface area contributed by atoms with Crippen LogP contribution in [-0.4, -0.2) is 41.6 Å². The molecule has 1 aromatic carbocycles. The van der Waals surface area contributed by atoms with E-state index in [1.165, 1.54) is 23.1 Å². The van der Waals surface area contributed by atoms with E-state index in [0.717, 1.165) is 6.42 Å². The number of benzene rings is 1. The molecule has 0 aliphatic heterocycles. The second kappa shape index (κ2) is 8.29. The zero-order valence-electron chi connectivity index (χ0n) is 11.7. The van der Waals surface area contributed by atoms with Crippen LogP contribution >= 0.6 is 11.8 Å². The van der Waals surface area contributed by atoms with Crippen molar-refractivity contribution in [3.63, 3.8) is 0 Å². The van der Waals surface area contributed by atoms with Gasteiger partial charge in [-0.25, -0.2) is 0 Å². The molecule has 0 aliphatic rings. The van der Waals surface area contributed by atoms with Crippen LogP contribution < -0.4 is 0 Å². The summed E-state index contributed by atoms with van der Waals surface area (Å²) in [6, 6.07) is 5.73. The molecule has 0 unspecified atom stereocenters. The average molecular weight is 321 g/mol. The first-order valence-corrected chi connectivity index (χ1v) is 7.38. The standard InChI is InChI=1S/C14H18F3NO2S/c1-18(9-5-2-6-10-19)13(20)11-7-3-4-8-12(11)21-14(15,16)17/h3-4,7-8,19H,2,5-6,9-10H2,1H3. The predicted octanol–water partition coefficient (Wildman–Crippen LogP) is 3.53. The molecule has 1 aromatic rings. The number of aliphatic hydroxyl groups is 1. The molecule has 0 saturated heterocycles. The number of thioether (sulfide) groups is 1. The van der Waals surface area contributed by atoms with E-state index in [2.05, 4.69) is 0 Å². The number of unbranched alkanes of at least 4 members (excludes halogenated alkanes) is 2. The van der Waals surface area contributed by atoms with Crippen LogP contribution in [-0.2, 0) is 0 Å². The van der Waals surface area contributed by atoms with E-state index in [0.29, 0.717) is 19.4 Å². The number of hydrogen-bond donors (Lipinski definition) is 1. The van der Waals surface area contributed by atoms with Gasteiger partial charge in [0.15, 0.2) is 0 Å². The maximum absolute atomic E-state index is 12.5. The molecule has 1 N–H and O–H groups in total. The van der Waals surface area contributed by atoms with E-state index in [9.17, 15) is 18.0 Å². The lowest BCUT2D eigenvalue weighted by Crippen LogP contribution is -2.28. The minimum absolute atomic E-state index is 0.0597. The van der Waals surface area contributed by atoms with Gasteiger partial charge in [-0.1, -0.05) is 12.1 Å². The molecule has 0 aliphatic carbocycles. The maximum atomic E-state index is 12.5. The third-order valence-corrected chi connectivity index (χ3v) is 3.65. The van der Waals surface area contributed by atoms with Gasteiger partial charge in [-0.05, 0) is 43.2 Å². The molecule has 0 fully saturated rings. The van der Waals surface area contributed by atoms with Crippen molar-refractivity contribution in [1.82, 2.24) is 4.90 Å². The third kappa shape index (κ3) is 6.39. The Bertz CT molecular complexity index is 466. The molecule has 7 heteroatoms. The third-order valence-electron chi connectivity index (χ3n) is 2.84. The van der Waals surface area contributed by atoms with Gasteiger partial charge >= 0.3 is 5.51 Å². The molecule has 1 rings (SSSR count). The summed E-state index contributed by atoms with van der Waals surface area (Å²) in [5.41, 5.74) is -4.36. The number of carbonyl (C=O) groups is 1. The van der Waals surface area contributed by atoms with Gasteiger partial charge in [0.05, 0.1) is 5.56 Å². The molecule has 0 atom stereocenters. The van der Waals surface area contributed by atoms with E-state index < -0.39 is 11.4 Å². The number of aliphatic hydroxyl groups excluding tert-OH is 1. The molecule has 118 valence electrons. The molecular formula is C14H18F3NO2S. The Morgan fingerprint density at radius 2 is 1.90 bits per heavy atom. The van der Waals surface area contributed by atoms with Gasteiger partial charge in [-0.2, -0.15) is 13.2 Å². The molecule has 0 bridgehead atoms. The number of rotatable bonds is 7. The molecule has 0 spiro atoms. The van der Waals surface area contributed by atoms with Gasteiger partial charge < -0.3 is 10.0 Å². The fourth-order valence-corrected chi connectivity index (χ4v) is 2.46. The van der Waals surface area contributed by atoms with Gasteiger partial charge in [0, 0.05) is 25.1 Å². The smallest absolute Gasteiger partial charge is 0.396 e. The number of hydrogen-bond acceptors (Lipinski definition) is 3. The van der Waals surface area contributed by atoms with Crippen molar-refractivity contribution in [2.24, 2.45) is 0 Å². The van der Waals surface area contributed by atoms with Crippen LogP contribution in [0.5, 0.6) is 0 Å². The zero-order chi connectivity index (χ0) is 15.9. The second-order valence-electron chi connectivity index (χ2n) is 4.55. The molecule has 0 aromatic heterocycles. The fraction of sp³-hybridized carbons (Fsp3) is 0.500. The molecule has 0 saturated carbocycles. The molecule has 1 amide bonds. The average Bonchev–Trinajstić information content (AvgIpc) is 2.41. The van der Waals surface area contributed by atoms with Gasteiger partial charge in [0.1, 0.15) is 0 Å². The Hall–Kier alpha value is -1.21. The maximum Gasteiger partial charge on any atom is 0.446 e. The number of carbonyl (C=O) groups excluding carboxylic acids is 1. The van der Waals surface area contributed by atoms with Crippen molar-refractivity contribution in [3.8, 4) is 0 Å². The number of halogens is 3. The van der Waals surface area contributed by atoms with Crippen LogP contribution in [0.25, 0.3) is 0 Å². The first kappa shape index (κ1) is 17.8. The Labute approximate surface area is 126 Å². The van der Waals surface area contributed by atoms with Crippen molar-refractivity contribution in [1.29, 1.82) is 0 Å². The Kier molecular flexibility index (Phi) is 7.04. The number of nitrogens with zero attached hydrogens (tertiary/aromatic N) is 1. The Balaban J connectivity index is 2.73. The van der Waals surface area contributed by atoms with Gasteiger partial charge in [-0.15, -0.1) is 0 Å². The van der Waals surface area contributed by atoms with Gasteiger partial charge in [0.2, 0.25) is 0 Å². The molecule has 3 nitrogen and oxygen atoms in total. The van der Waals surface area contributed by atoms with Crippen LogP contribution in [0.4, 0.5) is 13.2 Å². The van der Waals surface area contributed by atoms with Crippen molar-refractivity contribution in [2.45, 2.75) is 29.7 Å². The number of alkyl halides is 3. The van der Waals surface area contributed by atoms with Crippen LogP contribution in [0, 0.1) is 0 Å². The minimum Gasteiger partial charge on any atom is -0.396 e. The summed E-state index contributed by atoms with van der Waals surface area (Å²) < 4.78 is 37.5. The SMILES string of the molecule is CN(CCCCCO)C(=O)c1ccccc1SC(F)(F)F. The monoisotopic (exact) mass is 321 g/mol. The largest absolute Gasteiger partial charge is 0.446 e. The topological polar surface area (TPSA) is 40.5 Å². The molecular weight excluding hydrogens is 303 g/mol. The summed E-state index contributed by atoms with van der Waals surface area (Å²) in [6.07, 6.45) is 2.13. The zero-order valence-corrected chi connectivity index (χ0v) is 12.5. The summed E-state index contributed by atoms with van der Waals surface area (Å²) in [4.78, 5) is 13.5. The van der Waals surface area contributed by atoms with E-state index in [-0.39, 0.29) is 28.8 Å². The fourth-order valence-electron chi connectivity index (χ4n) is 1.80. The lowest BCUT2D eigenvalue weighted by Gasteiger charge is -2.19. The highest BCUT2D eigenvalue weighted by Crippen LogP contribution is 2.38. The van der Waals surface area contributed by atoms with Crippen LogP contribution in [0.3, 0.4) is 0 Å². The van der Waals surface area contributed by atoms with E-state index in [1.807, 2.05) is 0 Å². The Morgan fingerprint density at radius 1 is 1.24 bits per heavy atom. The molecule has 0 radical (unpaired) electrons. The summed E-state index contributed by atoms with van der Waals surface area (Å²) in [7, 11) is 1.57. The second-order valence-corrected chi connectivity index (χ2v) is 5.66. The van der Waals surface area contributed by atoms with Crippen molar-refractivity contribution >= 4 is 17.7 Å². The van der Waals surface area contributed by atoms with Crippen LogP contribution in [0.1, 0.15) is 29.6 Å². The van der Waals surface area contributed by atoms with Crippen LogP contribution in [0.15, 0.2) is 29.2 Å². The summed E-state index contributed by atoms with van der Waals surface area (Å²) in [5, 5.41) is 8.67. The quantitative estimate of drug-likeness (QED) is 0.617. The molecule has 0 heterocycles. The normalized spacial score (nSPS) is 11.5. The first-order chi connectivity index (χ1) is 9.85. The highest BCUT2D eigenvalue weighted by atomic mass is 32.2. The summed E-state index contributed by atoms with van der Waals surface area (Å²) in [5.74, 6) is -0.425. The first-order valence-electron chi connectivity index (χ1n) is 6.56. The lowest BCUT2D eigenvalue weighted by atomic mass is 10.2. The van der Waals surface area contributed by atoms with Crippen molar-refractivity contribution in [2.75, 3.05) is 20.2 Å².